The zero-order chi connectivity index (χ0) is 13.3. The molecule has 1 aromatic rings. The Morgan fingerprint density at radius 1 is 1.56 bits per heavy atom. The van der Waals surface area contributed by atoms with Crippen LogP contribution in [-0.4, -0.2) is 31.2 Å². The average Bonchev–Trinajstić information content (AvgIpc) is 2.98. The Balaban J connectivity index is 2.09. The first-order valence-electron chi connectivity index (χ1n) is 5.64. The van der Waals surface area contributed by atoms with Crippen LogP contribution in [0.15, 0.2) is 4.90 Å². The van der Waals surface area contributed by atoms with Gasteiger partial charge in [0.1, 0.15) is 4.90 Å². The van der Waals surface area contributed by atoms with Crippen LogP contribution >= 0.6 is 0 Å². The fourth-order valence-corrected chi connectivity index (χ4v) is 2.57. The minimum absolute atomic E-state index is 0.228. The molecule has 100 valence electrons. The van der Waals surface area contributed by atoms with Gasteiger partial charge in [-0.05, 0) is 19.3 Å². The second-order valence-electron chi connectivity index (χ2n) is 4.44. The van der Waals surface area contributed by atoms with Crippen LogP contribution in [0.3, 0.4) is 0 Å². The Hall–Kier alpha value is -1.41. The Morgan fingerprint density at radius 2 is 2.22 bits per heavy atom. The predicted molar refractivity (Wildman–Crippen MR) is 62.3 cm³/mol. The van der Waals surface area contributed by atoms with Gasteiger partial charge in [0.15, 0.2) is 5.69 Å². The highest BCUT2D eigenvalue weighted by Gasteiger charge is 2.27. The average molecular weight is 273 g/mol. The molecule has 0 saturated heterocycles. The van der Waals surface area contributed by atoms with E-state index in [1.807, 2.05) is 0 Å². The molecule has 1 saturated carbocycles. The molecule has 0 unspecified atom stereocenters. The molecular formula is C10H15N3O4S. The third-order valence-corrected chi connectivity index (χ3v) is 3.89. The normalized spacial score (nSPS) is 15.7. The lowest BCUT2D eigenvalue weighted by atomic mass is 10.3. The second-order valence-corrected chi connectivity index (χ2v) is 5.94. The molecule has 18 heavy (non-hydrogen) atoms. The summed E-state index contributed by atoms with van der Waals surface area (Å²) < 4.78 is 27.7. The number of aromatic nitrogens is 2. The number of esters is 1. The largest absolute Gasteiger partial charge is 0.461 e. The first-order valence-corrected chi connectivity index (χ1v) is 7.19. The molecule has 0 amide bonds. The van der Waals surface area contributed by atoms with Gasteiger partial charge in [-0.25, -0.2) is 18.4 Å². The topological polar surface area (TPSA) is 115 Å². The number of carbonyl (C=O) groups is 1. The highest BCUT2D eigenvalue weighted by atomic mass is 32.2. The van der Waals surface area contributed by atoms with Gasteiger partial charge < -0.3 is 4.74 Å². The standard InChI is InChI=1S/C10H15N3O4S/c1-6-9(18(11,15)16)8(13-12-6)10(14)17-5-4-7-2-3-7/h7H,2-5H2,1H3,(H,12,13)(H2,11,15,16). The van der Waals surface area contributed by atoms with Crippen molar-refractivity contribution in [3.05, 3.63) is 11.4 Å². The summed E-state index contributed by atoms with van der Waals surface area (Å²) >= 11 is 0. The molecule has 0 aromatic carbocycles. The minimum atomic E-state index is -3.99. The van der Waals surface area contributed by atoms with E-state index in [0.29, 0.717) is 5.92 Å². The van der Waals surface area contributed by atoms with Crippen molar-refractivity contribution in [2.45, 2.75) is 31.1 Å². The summed E-state index contributed by atoms with van der Waals surface area (Å²) in [6.45, 7) is 1.76. The molecule has 0 bridgehead atoms. The van der Waals surface area contributed by atoms with Gasteiger partial charge >= 0.3 is 5.97 Å². The van der Waals surface area contributed by atoms with Crippen LogP contribution in [0.5, 0.6) is 0 Å². The number of hydrogen-bond donors (Lipinski definition) is 2. The van der Waals surface area contributed by atoms with Crippen LogP contribution in [0.4, 0.5) is 0 Å². The maximum Gasteiger partial charge on any atom is 0.360 e. The third-order valence-electron chi connectivity index (χ3n) is 2.83. The minimum Gasteiger partial charge on any atom is -0.461 e. The van der Waals surface area contributed by atoms with Crippen LogP contribution in [0, 0.1) is 12.8 Å². The Morgan fingerprint density at radius 3 is 2.78 bits per heavy atom. The van der Waals surface area contributed by atoms with Gasteiger partial charge in [-0.3, -0.25) is 5.10 Å². The molecule has 0 atom stereocenters. The van der Waals surface area contributed by atoms with E-state index in [1.165, 1.54) is 19.8 Å². The summed E-state index contributed by atoms with van der Waals surface area (Å²) in [7, 11) is -3.99. The summed E-state index contributed by atoms with van der Waals surface area (Å²) in [5.74, 6) is -0.125. The number of primary sulfonamides is 1. The van der Waals surface area contributed by atoms with Gasteiger partial charge in [0, 0.05) is 0 Å². The van der Waals surface area contributed by atoms with Gasteiger partial charge in [0.2, 0.25) is 10.0 Å². The number of sulfonamides is 1. The molecule has 0 aliphatic heterocycles. The molecule has 3 N–H and O–H groups in total. The van der Waals surface area contributed by atoms with E-state index in [1.54, 1.807) is 0 Å². The number of nitrogens with two attached hydrogens (primary N) is 1. The molecule has 1 heterocycles. The zero-order valence-electron chi connectivity index (χ0n) is 9.97. The van der Waals surface area contributed by atoms with Crippen molar-refractivity contribution >= 4 is 16.0 Å². The van der Waals surface area contributed by atoms with Crippen molar-refractivity contribution in [3.63, 3.8) is 0 Å². The molecule has 1 aliphatic carbocycles. The summed E-state index contributed by atoms with van der Waals surface area (Å²) in [5.41, 5.74) is -0.0440. The van der Waals surface area contributed by atoms with Crippen LogP contribution in [0.25, 0.3) is 0 Å². The van der Waals surface area contributed by atoms with Gasteiger partial charge in [-0.15, -0.1) is 0 Å². The van der Waals surface area contributed by atoms with Crippen molar-refractivity contribution in [2.75, 3.05) is 6.61 Å². The summed E-state index contributed by atoms with van der Waals surface area (Å²) in [6.07, 6.45) is 3.14. The van der Waals surface area contributed by atoms with Crippen LogP contribution in [-0.2, 0) is 14.8 Å². The molecule has 0 radical (unpaired) electrons. The number of rotatable bonds is 5. The second kappa shape index (κ2) is 4.69. The maximum atomic E-state index is 11.7. The van der Waals surface area contributed by atoms with E-state index < -0.39 is 16.0 Å². The fourth-order valence-electron chi connectivity index (χ4n) is 1.70. The van der Waals surface area contributed by atoms with Crippen LogP contribution in [0.2, 0.25) is 0 Å². The maximum absolute atomic E-state index is 11.7. The molecule has 1 aliphatic rings. The number of aryl methyl sites for hydroxylation is 1. The van der Waals surface area contributed by atoms with Crippen molar-refractivity contribution < 1.29 is 17.9 Å². The van der Waals surface area contributed by atoms with Crippen LogP contribution in [0.1, 0.15) is 35.4 Å². The molecule has 0 spiro atoms. The van der Waals surface area contributed by atoms with Crippen molar-refractivity contribution in [1.29, 1.82) is 0 Å². The summed E-state index contributed by atoms with van der Waals surface area (Å²) in [5, 5.41) is 11.1. The third kappa shape index (κ3) is 2.88. The molecule has 1 fully saturated rings. The van der Waals surface area contributed by atoms with Gasteiger partial charge in [-0.1, -0.05) is 12.8 Å². The molecular weight excluding hydrogens is 258 g/mol. The number of H-pyrrole nitrogens is 1. The highest BCUT2D eigenvalue weighted by molar-refractivity contribution is 7.89. The van der Waals surface area contributed by atoms with E-state index in [-0.39, 0.29) is 22.9 Å². The quantitative estimate of drug-likeness (QED) is 0.750. The van der Waals surface area contributed by atoms with Crippen LogP contribution < -0.4 is 5.14 Å². The Bertz CT molecular complexity index is 560. The van der Waals surface area contributed by atoms with E-state index in [2.05, 4.69) is 10.2 Å². The van der Waals surface area contributed by atoms with E-state index in [4.69, 9.17) is 9.88 Å². The summed E-state index contributed by atoms with van der Waals surface area (Å²) in [6, 6.07) is 0. The lowest BCUT2D eigenvalue weighted by Crippen LogP contribution is -2.18. The summed E-state index contributed by atoms with van der Waals surface area (Å²) in [4.78, 5) is 11.4. The molecule has 8 heteroatoms. The number of carbonyl (C=O) groups excluding carboxylic acids is 1. The van der Waals surface area contributed by atoms with Gasteiger partial charge in [0.25, 0.3) is 0 Å². The SMILES string of the molecule is Cc1[nH]nc(C(=O)OCCC2CC2)c1S(N)(=O)=O. The first kappa shape index (κ1) is 13.0. The monoisotopic (exact) mass is 273 g/mol. The lowest BCUT2D eigenvalue weighted by molar-refractivity contribution is 0.0483. The molecule has 7 nitrogen and oxygen atoms in total. The number of nitrogens with one attached hydrogen (secondary N) is 1. The fraction of sp³-hybridized carbons (Fsp3) is 0.600. The van der Waals surface area contributed by atoms with Gasteiger partial charge in [0.05, 0.1) is 12.3 Å². The number of ether oxygens (including phenoxy) is 1. The smallest absolute Gasteiger partial charge is 0.360 e. The Kier molecular flexibility index (Phi) is 3.40. The lowest BCUT2D eigenvalue weighted by Gasteiger charge is -2.03. The predicted octanol–water partition coefficient (Wildman–Crippen LogP) is 0.322. The van der Waals surface area contributed by atoms with E-state index in [0.717, 1.165) is 6.42 Å². The molecule has 2 rings (SSSR count). The number of hydrogen-bond acceptors (Lipinski definition) is 5. The zero-order valence-corrected chi connectivity index (χ0v) is 10.8. The highest BCUT2D eigenvalue weighted by Crippen LogP contribution is 2.32. The van der Waals surface area contributed by atoms with E-state index >= 15 is 0 Å². The van der Waals surface area contributed by atoms with Crippen molar-refractivity contribution in [1.82, 2.24) is 10.2 Å². The van der Waals surface area contributed by atoms with Crippen molar-refractivity contribution in [2.24, 2.45) is 11.1 Å². The molecule has 1 aromatic heterocycles. The number of nitrogens with zero attached hydrogens (tertiary/aromatic N) is 1. The number of aromatic amines is 1. The Labute approximate surface area is 105 Å². The van der Waals surface area contributed by atoms with E-state index in [9.17, 15) is 13.2 Å². The van der Waals surface area contributed by atoms with Crippen molar-refractivity contribution in [3.8, 4) is 0 Å². The first-order chi connectivity index (χ1) is 8.39. The van der Waals surface area contributed by atoms with Gasteiger partial charge in [-0.2, -0.15) is 5.10 Å².